The molecular formula is C25H32FN6O6P. The number of alkyl halides is 1. The van der Waals surface area contributed by atoms with Gasteiger partial charge in [0.2, 0.25) is 0 Å². The Morgan fingerprint density at radius 2 is 2.03 bits per heavy atom. The summed E-state index contributed by atoms with van der Waals surface area (Å²) >= 11 is 0. The average Bonchev–Trinajstić information content (AvgIpc) is 3.42. The van der Waals surface area contributed by atoms with Crippen molar-refractivity contribution in [1.29, 1.82) is 0 Å². The largest absolute Gasteiger partial charge is 0.462 e. The van der Waals surface area contributed by atoms with E-state index in [4.69, 9.17) is 19.5 Å². The predicted molar refractivity (Wildman–Crippen MR) is 141 cm³/mol. The number of imidazole rings is 1. The second-order valence-corrected chi connectivity index (χ2v) is 11.4. The van der Waals surface area contributed by atoms with Crippen LogP contribution in [0.25, 0.3) is 11.2 Å². The zero-order valence-corrected chi connectivity index (χ0v) is 22.8. The van der Waals surface area contributed by atoms with Crippen molar-refractivity contribution in [3.8, 4) is 5.75 Å². The molecule has 1 fully saturated rings. The van der Waals surface area contributed by atoms with Gasteiger partial charge in [-0.05, 0) is 44.9 Å². The highest BCUT2D eigenvalue weighted by Crippen LogP contribution is 2.53. The van der Waals surface area contributed by atoms with Crippen molar-refractivity contribution in [2.45, 2.75) is 51.5 Å². The molecule has 4 rings (SSSR count). The molecule has 2 aromatic heterocycles. The molecule has 0 amide bonds. The van der Waals surface area contributed by atoms with Gasteiger partial charge < -0.3 is 24.7 Å². The number of rotatable bonds is 11. The minimum atomic E-state index is -4.31. The fourth-order valence-corrected chi connectivity index (χ4v) is 6.00. The summed E-state index contributed by atoms with van der Waals surface area (Å²) in [6, 6.07) is 6.48. The van der Waals surface area contributed by atoms with Gasteiger partial charge in [0.15, 0.2) is 11.5 Å². The third-order valence-electron chi connectivity index (χ3n) is 6.61. The van der Waals surface area contributed by atoms with Crippen LogP contribution in [0.4, 0.5) is 10.2 Å². The first-order valence-electron chi connectivity index (χ1n) is 12.3. The van der Waals surface area contributed by atoms with Crippen LogP contribution >= 0.6 is 7.75 Å². The monoisotopic (exact) mass is 562 g/mol. The lowest BCUT2D eigenvalue weighted by molar-refractivity contribution is -0.149. The van der Waals surface area contributed by atoms with Gasteiger partial charge in [0.05, 0.1) is 36.6 Å². The number of halogens is 1. The second kappa shape index (κ2) is 11.4. The van der Waals surface area contributed by atoms with Gasteiger partial charge in [0, 0.05) is 0 Å². The van der Waals surface area contributed by atoms with Crippen molar-refractivity contribution < 1.29 is 32.6 Å². The maximum Gasteiger partial charge on any atom is 0.459 e. The molecule has 1 saturated carbocycles. The van der Waals surface area contributed by atoms with Crippen molar-refractivity contribution in [2.75, 3.05) is 19.0 Å². The van der Waals surface area contributed by atoms with Gasteiger partial charge in [-0.15, -0.1) is 0 Å². The van der Waals surface area contributed by atoms with Gasteiger partial charge in [0.25, 0.3) is 0 Å². The zero-order valence-electron chi connectivity index (χ0n) is 21.9. The van der Waals surface area contributed by atoms with Gasteiger partial charge in [0.1, 0.15) is 30.3 Å². The first-order chi connectivity index (χ1) is 18.5. The highest BCUT2D eigenvalue weighted by molar-refractivity contribution is 7.52. The summed E-state index contributed by atoms with van der Waals surface area (Å²) in [6.07, 6.45) is 1.16. The minimum Gasteiger partial charge on any atom is -0.462 e. The number of aliphatic hydroxyl groups is 1. The van der Waals surface area contributed by atoms with Crippen LogP contribution in [0.2, 0.25) is 0 Å². The van der Waals surface area contributed by atoms with E-state index in [0.717, 1.165) is 0 Å². The first-order valence-corrected chi connectivity index (χ1v) is 13.9. The summed E-state index contributed by atoms with van der Waals surface area (Å²) in [7, 11) is -4.31. The molecule has 0 bridgehead atoms. The van der Waals surface area contributed by atoms with E-state index in [9.17, 15) is 18.9 Å². The quantitative estimate of drug-likeness (QED) is 0.178. The summed E-state index contributed by atoms with van der Waals surface area (Å²) in [5.74, 6) is -0.305. The van der Waals surface area contributed by atoms with Crippen LogP contribution in [0.5, 0.6) is 5.75 Å². The van der Waals surface area contributed by atoms with Gasteiger partial charge in [-0.1, -0.05) is 24.8 Å². The Bertz CT molecular complexity index is 1390. The Morgan fingerprint density at radius 3 is 2.69 bits per heavy atom. The van der Waals surface area contributed by atoms with Crippen LogP contribution in [-0.2, 0) is 18.6 Å². The number of nitrogens with two attached hydrogens (primary N) is 1. The molecule has 1 aromatic carbocycles. The van der Waals surface area contributed by atoms with Crippen molar-refractivity contribution in [3.63, 3.8) is 0 Å². The van der Waals surface area contributed by atoms with E-state index in [2.05, 4.69) is 26.6 Å². The number of nitrogens with zero attached hydrogens (tertiary/aromatic N) is 4. The molecule has 1 unspecified atom stereocenters. The van der Waals surface area contributed by atoms with E-state index in [1.165, 1.54) is 19.6 Å². The number of para-hydroxylation sites is 1. The molecule has 210 valence electrons. The van der Waals surface area contributed by atoms with E-state index in [-0.39, 0.29) is 23.6 Å². The van der Waals surface area contributed by atoms with Gasteiger partial charge in [-0.3, -0.25) is 9.32 Å². The molecule has 4 N–H and O–H groups in total. The number of ether oxygens (including phenoxy) is 1. The number of aromatic nitrogens is 4. The Hall–Kier alpha value is -3.38. The number of hydrogen-bond donors (Lipinski definition) is 3. The van der Waals surface area contributed by atoms with E-state index in [0.29, 0.717) is 11.2 Å². The number of nitrogen functional groups attached to an aromatic ring is 1. The molecule has 3 aromatic rings. The Labute approximate surface area is 225 Å². The van der Waals surface area contributed by atoms with Crippen molar-refractivity contribution >= 4 is 30.7 Å². The molecule has 0 aliphatic heterocycles. The number of nitrogens with one attached hydrogen (secondary N) is 1. The van der Waals surface area contributed by atoms with Crippen LogP contribution in [0.15, 0.2) is 55.1 Å². The normalized spacial score (nSPS) is 23.6. The lowest BCUT2D eigenvalue weighted by Crippen LogP contribution is -2.41. The van der Waals surface area contributed by atoms with E-state index < -0.39 is 56.7 Å². The highest BCUT2D eigenvalue weighted by Gasteiger charge is 2.53. The van der Waals surface area contributed by atoms with Crippen molar-refractivity contribution in [3.05, 3.63) is 55.1 Å². The lowest BCUT2D eigenvalue weighted by Gasteiger charge is -2.33. The number of aliphatic hydroxyl groups excluding tert-OH is 1. The minimum absolute atomic E-state index is 0.0653. The van der Waals surface area contributed by atoms with Crippen LogP contribution < -0.4 is 15.3 Å². The molecule has 0 saturated heterocycles. The number of fused-ring (bicyclic) bond motifs is 1. The smallest absolute Gasteiger partial charge is 0.459 e. The van der Waals surface area contributed by atoms with Crippen LogP contribution in [0.1, 0.15) is 33.2 Å². The van der Waals surface area contributed by atoms with Crippen LogP contribution in [-0.4, -0.2) is 62.1 Å². The Balaban J connectivity index is 1.60. The van der Waals surface area contributed by atoms with Crippen LogP contribution in [0, 0.1) is 5.41 Å². The number of benzene rings is 1. The molecule has 39 heavy (non-hydrogen) atoms. The van der Waals surface area contributed by atoms with Crippen molar-refractivity contribution in [2.24, 2.45) is 5.41 Å². The molecule has 2 heterocycles. The van der Waals surface area contributed by atoms with E-state index in [1.807, 2.05) is 0 Å². The fraction of sp³-hybridized carbons (Fsp3) is 0.440. The Kier molecular flexibility index (Phi) is 8.36. The third-order valence-corrected chi connectivity index (χ3v) is 8.23. The first kappa shape index (κ1) is 28.6. The number of hydrogen-bond acceptors (Lipinski definition) is 10. The molecule has 1 aliphatic carbocycles. The third kappa shape index (κ3) is 5.81. The maximum atomic E-state index is 14.8. The van der Waals surface area contributed by atoms with Crippen LogP contribution in [0.3, 0.4) is 0 Å². The topological polar surface area (TPSA) is 164 Å². The van der Waals surface area contributed by atoms with E-state index in [1.54, 1.807) is 48.7 Å². The second-order valence-electron chi connectivity index (χ2n) is 9.68. The number of anilines is 1. The van der Waals surface area contributed by atoms with Crippen molar-refractivity contribution in [1.82, 2.24) is 24.6 Å². The molecule has 14 heteroatoms. The summed E-state index contributed by atoms with van der Waals surface area (Å²) in [5.41, 5.74) is 5.30. The molecular weight excluding hydrogens is 530 g/mol. The summed E-state index contributed by atoms with van der Waals surface area (Å²) in [4.78, 5) is 24.8. The number of esters is 1. The molecule has 0 radical (unpaired) electrons. The number of carbonyl (C=O) groups is 1. The summed E-state index contributed by atoms with van der Waals surface area (Å²) in [6.45, 7) is 7.25. The predicted octanol–water partition coefficient (Wildman–Crippen LogP) is 3.36. The Morgan fingerprint density at radius 1 is 1.31 bits per heavy atom. The van der Waals surface area contributed by atoms with Gasteiger partial charge >= 0.3 is 13.7 Å². The maximum absolute atomic E-state index is 14.8. The van der Waals surface area contributed by atoms with Gasteiger partial charge in [-0.25, -0.2) is 23.9 Å². The standard InChI is InChI=1S/C25H32FN6O6P/c1-15(2)37-24(34)17(4)31-39(35,38-18-8-6-5-7-9-18)36-12-25(11-26)16(3)19(10-20(25)33)32-14-30-21-22(27)28-13-29-23(21)32/h5-9,13-15,17,19-20,33H,3,10-12H2,1-2,4H3,(H,31,35)(H2,27,28,29)/t17-,19+,20+,25+,39?/m1/s1. The average molecular weight is 563 g/mol. The van der Waals surface area contributed by atoms with E-state index >= 15 is 0 Å². The molecule has 1 aliphatic rings. The lowest BCUT2D eigenvalue weighted by atomic mass is 9.83. The highest BCUT2D eigenvalue weighted by atomic mass is 31.2. The molecule has 5 atom stereocenters. The SMILES string of the molecule is C=C1[C@@H](n2cnc3c(N)ncnc32)C[C@H](O)[C@@]1(CF)COP(=O)(N[C@H](C)C(=O)OC(C)C)Oc1ccccc1. The summed E-state index contributed by atoms with van der Waals surface area (Å²) < 4.78 is 46.9. The molecule has 12 nitrogen and oxygen atoms in total. The molecule has 0 spiro atoms. The zero-order chi connectivity index (χ0) is 28.4. The number of carbonyl (C=O) groups excluding carboxylic acids is 1. The fourth-order valence-electron chi connectivity index (χ4n) is 4.44. The van der Waals surface area contributed by atoms with Gasteiger partial charge in [-0.2, -0.15) is 5.09 Å². The summed E-state index contributed by atoms with van der Waals surface area (Å²) in [5, 5.41) is 13.6.